The minimum atomic E-state index is -0.707. The van der Waals surface area contributed by atoms with E-state index in [9.17, 15) is 9.59 Å². The summed E-state index contributed by atoms with van der Waals surface area (Å²) in [6.45, 7) is 0. The molecule has 1 aromatic carbocycles. The van der Waals surface area contributed by atoms with Crippen molar-refractivity contribution in [2.24, 2.45) is 0 Å². The number of amides is 2. The molecule has 0 spiro atoms. The Morgan fingerprint density at radius 3 is 2.39 bits per heavy atom. The van der Waals surface area contributed by atoms with E-state index in [0.29, 0.717) is 11.4 Å². The van der Waals surface area contributed by atoms with Crippen LogP contribution in [0.25, 0.3) is 0 Å². The predicted molar refractivity (Wildman–Crippen MR) is 126 cm³/mol. The van der Waals surface area contributed by atoms with Crippen LogP contribution in [-0.4, -0.2) is 25.0 Å². The van der Waals surface area contributed by atoms with E-state index in [2.05, 4.69) is 5.32 Å². The van der Waals surface area contributed by atoms with Crippen molar-refractivity contribution in [3.05, 3.63) is 69.0 Å². The second-order valence-electron chi connectivity index (χ2n) is 7.63. The maximum absolute atomic E-state index is 13.6. The molecule has 162 valence electrons. The average molecular weight is 455 g/mol. The molecule has 0 unspecified atom stereocenters. The van der Waals surface area contributed by atoms with Gasteiger partial charge in [0.05, 0.1) is 13.5 Å². The van der Waals surface area contributed by atoms with Crippen LogP contribution in [0, 0.1) is 0 Å². The molecule has 1 fully saturated rings. The highest BCUT2D eigenvalue weighted by Gasteiger charge is 2.35. The zero-order chi connectivity index (χ0) is 21.6. The van der Waals surface area contributed by atoms with E-state index in [1.54, 1.807) is 23.3 Å². The van der Waals surface area contributed by atoms with E-state index >= 15 is 0 Å². The van der Waals surface area contributed by atoms with Crippen molar-refractivity contribution in [3.63, 3.8) is 0 Å². The van der Waals surface area contributed by atoms with Gasteiger partial charge in [-0.05, 0) is 60.0 Å². The Bertz CT molecular complexity index is 979. The number of rotatable bonds is 8. The van der Waals surface area contributed by atoms with Crippen LogP contribution >= 0.6 is 22.7 Å². The lowest BCUT2D eigenvalue weighted by molar-refractivity contribution is -0.126. The molecule has 0 saturated heterocycles. The van der Waals surface area contributed by atoms with Gasteiger partial charge in [-0.1, -0.05) is 25.0 Å². The van der Waals surface area contributed by atoms with Gasteiger partial charge >= 0.3 is 0 Å². The van der Waals surface area contributed by atoms with Crippen molar-refractivity contribution in [1.82, 2.24) is 5.32 Å². The molecule has 2 amide bonds. The van der Waals surface area contributed by atoms with Gasteiger partial charge in [-0.3, -0.25) is 14.5 Å². The summed E-state index contributed by atoms with van der Waals surface area (Å²) >= 11 is 3.04. The number of hydrogen-bond donors (Lipinski definition) is 1. The molecule has 5 nitrogen and oxygen atoms in total. The molecule has 3 aromatic rings. The van der Waals surface area contributed by atoms with Crippen molar-refractivity contribution in [2.75, 3.05) is 12.0 Å². The van der Waals surface area contributed by atoms with Crippen molar-refractivity contribution < 1.29 is 14.3 Å². The fraction of sp³-hybridized carbons (Fsp3) is 0.333. The highest BCUT2D eigenvalue weighted by Crippen LogP contribution is 2.33. The minimum Gasteiger partial charge on any atom is -0.497 e. The number of nitrogens with one attached hydrogen (secondary N) is 1. The third-order valence-electron chi connectivity index (χ3n) is 5.55. The quantitative estimate of drug-likeness (QED) is 0.509. The largest absolute Gasteiger partial charge is 0.497 e. The highest BCUT2D eigenvalue weighted by molar-refractivity contribution is 7.10. The van der Waals surface area contributed by atoms with Crippen LogP contribution in [-0.2, 0) is 16.0 Å². The molecule has 1 aliphatic carbocycles. The average Bonchev–Trinajstić information content (AvgIpc) is 3.55. The van der Waals surface area contributed by atoms with E-state index in [1.165, 1.54) is 11.3 Å². The van der Waals surface area contributed by atoms with Crippen LogP contribution in [0.3, 0.4) is 0 Å². The summed E-state index contributed by atoms with van der Waals surface area (Å²) in [5.74, 6) is 0.481. The lowest BCUT2D eigenvalue weighted by Crippen LogP contribution is -2.46. The van der Waals surface area contributed by atoms with Gasteiger partial charge < -0.3 is 10.1 Å². The number of nitrogens with zero attached hydrogens (tertiary/aromatic N) is 1. The van der Waals surface area contributed by atoms with Gasteiger partial charge in [0, 0.05) is 21.5 Å². The van der Waals surface area contributed by atoms with Crippen molar-refractivity contribution in [2.45, 2.75) is 44.2 Å². The van der Waals surface area contributed by atoms with Crippen LogP contribution in [0.4, 0.5) is 5.69 Å². The normalized spacial score (nSPS) is 14.9. The van der Waals surface area contributed by atoms with E-state index in [0.717, 1.165) is 35.4 Å². The number of ether oxygens (including phenoxy) is 1. The van der Waals surface area contributed by atoms with E-state index in [1.807, 2.05) is 59.3 Å². The van der Waals surface area contributed by atoms with Crippen LogP contribution < -0.4 is 15.0 Å². The smallest absolute Gasteiger partial charge is 0.248 e. The molecule has 0 aliphatic heterocycles. The number of hydrogen-bond acceptors (Lipinski definition) is 5. The summed E-state index contributed by atoms with van der Waals surface area (Å²) in [4.78, 5) is 30.6. The summed E-state index contributed by atoms with van der Waals surface area (Å²) in [5, 5.41) is 7.11. The first-order valence-electron chi connectivity index (χ1n) is 10.5. The van der Waals surface area contributed by atoms with Gasteiger partial charge in [0.15, 0.2) is 0 Å². The van der Waals surface area contributed by atoms with E-state index in [4.69, 9.17) is 4.74 Å². The second kappa shape index (κ2) is 10.1. The van der Waals surface area contributed by atoms with Gasteiger partial charge in [0.2, 0.25) is 11.8 Å². The Kier molecular flexibility index (Phi) is 7.04. The Morgan fingerprint density at radius 2 is 1.77 bits per heavy atom. The molecular weight excluding hydrogens is 428 g/mol. The van der Waals surface area contributed by atoms with Crippen LogP contribution in [0.1, 0.15) is 41.5 Å². The predicted octanol–water partition coefficient (Wildman–Crippen LogP) is 5.19. The van der Waals surface area contributed by atoms with E-state index in [-0.39, 0.29) is 24.3 Å². The van der Waals surface area contributed by atoms with Crippen LogP contribution in [0.5, 0.6) is 5.75 Å². The van der Waals surface area contributed by atoms with Gasteiger partial charge in [-0.2, -0.15) is 0 Å². The van der Waals surface area contributed by atoms with Crippen LogP contribution in [0.15, 0.2) is 59.3 Å². The summed E-state index contributed by atoms with van der Waals surface area (Å²) in [7, 11) is 1.61. The number of benzene rings is 1. The zero-order valence-corrected chi connectivity index (χ0v) is 19.1. The topological polar surface area (TPSA) is 58.6 Å². The molecule has 4 rings (SSSR count). The summed E-state index contributed by atoms with van der Waals surface area (Å²) in [6, 6.07) is 14.5. The van der Waals surface area contributed by atoms with Crippen molar-refractivity contribution in [1.29, 1.82) is 0 Å². The Hall–Kier alpha value is -2.64. The number of thiophene rings is 2. The second-order valence-corrected chi connectivity index (χ2v) is 9.64. The number of anilines is 1. The zero-order valence-electron chi connectivity index (χ0n) is 17.5. The summed E-state index contributed by atoms with van der Waals surface area (Å²) in [5.41, 5.74) is 0.683. The molecule has 7 heteroatoms. The third kappa shape index (κ3) is 5.17. The highest BCUT2D eigenvalue weighted by atomic mass is 32.1. The molecule has 0 radical (unpaired) electrons. The monoisotopic (exact) mass is 454 g/mol. The number of carbonyl (C=O) groups is 2. The standard InChI is InChI=1S/C24H26N2O3S2/c1-29-19-12-10-18(11-13-19)26(22(27)16-20-8-4-14-30-20)23(21-9-5-15-31-21)24(28)25-17-6-2-3-7-17/h4-5,8-15,17,23H,2-3,6-7,16H2,1H3,(H,25,28)/t23-/m1/s1. The van der Waals surface area contributed by atoms with Gasteiger partial charge in [-0.15, -0.1) is 22.7 Å². The van der Waals surface area contributed by atoms with Gasteiger partial charge in [0.25, 0.3) is 0 Å². The molecule has 31 heavy (non-hydrogen) atoms. The van der Waals surface area contributed by atoms with E-state index < -0.39 is 6.04 Å². The number of carbonyl (C=O) groups excluding carboxylic acids is 2. The first-order chi connectivity index (χ1) is 15.2. The lowest BCUT2D eigenvalue weighted by Gasteiger charge is -2.31. The number of methoxy groups -OCH3 is 1. The maximum Gasteiger partial charge on any atom is 0.248 e. The molecule has 2 heterocycles. The van der Waals surface area contributed by atoms with Gasteiger partial charge in [0.1, 0.15) is 11.8 Å². The molecule has 1 saturated carbocycles. The fourth-order valence-corrected chi connectivity index (χ4v) is 5.51. The summed E-state index contributed by atoms with van der Waals surface area (Å²) < 4.78 is 5.28. The molecular formula is C24H26N2O3S2. The molecule has 1 atom stereocenters. The first-order valence-corrected chi connectivity index (χ1v) is 12.2. The molecule has 0 bridgehead atoms. The minimum absolute atomic E-state index is 0.104. The molecule has 1 N–H and O–H groups in total. The lowest BCUT2D eigenvalue weighted by atomic mass is 10.1. The van der Waals surface area contributed by atoms with Crippen molar-refractivity contribution >= 4 is 40.2 Å². The third-order valence-corrected chi connectivity index (χ3v) is 7.35. The maximum atomic E-state index is 13.6. The Labute approximate surface area is 190 Å². The summed E-state index contributed by atoms with van der Waals surface area (Å²) in [6.07, 6.45) is 4.51. The Balaban J connectivity index is 1.70. The van der Waals surface area contributed by atoms with Gasteiger partial charge in [-0.25, -0.2) is 0 Å². The molecule has 2 aromatic heterocycles. The van der Waals surface area contributed by atoms with Crippen molar-refractivity contribution in [3.8, 4) is 5.75 Å². The molecule has 1 aliphatic rings. The first kappa shape index (κ1) is 21.6. The Morgan fingerprint density at radius 1 is 1.06 bits per heavy atom. The SMILES string of the molecule is COc1ccc(N(C(=O)Cc2cccs2)[C@@H](C(=O)NC2CCCC2)c2cccs2)cc1. The fourth-order valence-electron chi connectivity index (χ4n) is 4.00. The van der Waals surface area contributed by atoms with Crippen LogP contribution in [0.2, 0.25) is 0 Å².